The average Bonchev–Trinajstić information content (AvgIpc) is 2.74. The molecular weight excluding hydrogens is 392 g/mol. The molecule has 0 saturated carbocycles. The Morgan fingerprint density at radius 3 is 2.45 bits per heavy atom. The molecule has 162 valence electrons. The minimum absolute atomic E-state index is 0.00550. The highest BCUT2D eigenvalue weighted by Crippen LogP contribution is 2.22. The number of carbonyl (C=O) groups is 1. The Morgan fingerprint density at radius 2 is 1.79 bits per heavy atom. The summed E-state index contributed by atoms with van der Waals surface area (Å²) in [5, 5.41) is 0. The molecule has 3 rings (SSSR count). The molecule has 1 aromatic carbocycles. The number of para-hydroxylation sites is 1. The van der Waals surface area contributed by atoms with Crippen LogP contribution in [0.25, 0.3) is 0 Å². The molecule has 0 bridgehead atoms. The molecule has 0 spiro atoms. The highest BCUT2D eigenvalue weighted by molar-refractivity contribution is 7.86. The van der Waals surface area contributed by atoms with Crippen molar-refractivity contribution in [2.24, 2.45) is 5.92 Å². The number of nitrogens with zero attached hydrogens (tertiary/aromatic N) is 4. The summed E-state index contributed by atoms with van der Waals surface area (Å²) in [7, 11) is -0.0335. The van der Waals surface area contributed by atoms with Crippen LogP contribution in [0.15, 0.2) is 30.3 Å². The maximum Gasteiger partial charge on any atom is 0.282 e. The van der Waals surface area contributed by atoms with Gasteiger partial charge in [-0.3, -0.25) is 9.69 Å². The molecule has 2 heterocycles. The number of piperazine rings is 1. The lowest BCUT2D eigenvalue weighted by Crippen LogP contribution is -2.55. The fraction of sp³-hybridized carbons (Fsp3) is 0.650. The van der Waals surface area contributed by atoms with Gasteiger partial charge in [0.25, 0.3) is 10.2 Å². The number of amides is 1. The van der Waals surface area contributed by atoms with Crippen LogP contribution >= 0.6 is 0 Å². The highest BCUT2D eigenvalue weighted by atomic mass is 32.2. The zero-order valence-corrected chi connectivity index (χ0v) is 18.2. The third-order valence-corrected chi connectivity index (χ3v) is 7.75. The second-order valence-corrected chi connectivity index (χ2v) is 9.72. The standard InChI is InChI=1S/C20H32N4O4S/c1-21(19-8-4-3-5-9-19)20(25)16-22-11-13-23(14-12-22)29(26,27)24-10-6-7-18(15-24)17-28-2/h3-5,8-9,18H,6-7,10-17H2,1-2H3. The number of carbonyl (C=O) groups excluding carboxylic acids is 1. The predicted molar refractivity (Wildman–Crippen MR) is 113 cm³/mol. The SMILES string of the molecule is COCC1CCCN(S(=O)(=O)N2CCN(CC(=O)N(C)c3ccccc3)CC2)C1. The van der Waals surface area contributed by atoms with E-state index in [-0.39, 0.29) is 11.8 Å². The highest BCUT2D eigenvalue weighted by Gasteiger charge is 2.35. The Bertz CT molecular complexity index is 764. The van der Waals surface area contributed by atoms with E-state index in [2.05, 4.69) is 0 Å². The quantitative estimate of drug-likeness (QED) is 0.649. The first kappa shape index (κ1) is 22.2. The Morgan fingerprint density at radius 1 is 1.10 bits per heavy atom. The van der Waals surface area contributed by atoms with Crippen molar-refractivity contribution in [3.8, 4) is 0 Å². The van der Waals surface area contributed by atoms with E-state index in [9.17, 15) is 13.2 Å². The van der Waals surface area contributed by atoms with Gasteiger partial charge in [0.05, 0.1) is 13.2 Å². The molecule has 1 atom stereocenters. The number of piperidine rings is 1. The van der Waals surface area contributed by atoms with Crippen LogP contribution in [-0.4, -0.2) is 94.4 Å². The van der Waals surface area contributed by atoms with E-state index in [1.165, 1.54) is 0 Å². The normalized spacial score (nSPS) is 22.5. The van der Waals surface area contributed by atoms with Gasteiger partial charge in [0.15, 0.2) is 0 Å². The molecule has 1 amide bonds. The summed E-state index contributed by atoms with van der Waals surface area (Å²) in [6, 6.07) is 9.53. The molecule has 9 heteroatoms. The summed E-state index contributed by atoms with van der Waals surface area (Å²) >= 11 is 0. The number of methoxy groups -OCH3 is 1. The smallest absolute Gasteiger partial charge is 0.282 e. The van der Waals surface area contributed by atoms with Crippen LogP contribution in [0, 0.1) is 5.92 Å². The maximum absolute atomic E-state index is 13.0. The third-order valence-electron chi connectivity index (χ3n) is 5.74. The molecule has 0 aliphatic carbocycles. The fourth-order valence-corrected chi connectivity index (χ4v) is 5.69. The van der Waals surface area contributed by atoms with E-state index >= 15 is 0 Å². The molecule has 2 aliphatic rings. The summed E-state index contributed by atoms with van der Waals surface area (Å²) in [6.45, 7) is 3.92. The largest absolute Gasteiger partial charge is 0.384 e. The Hall–Kier alpha value is -1.52. The third kappa shape index (κ3) is 5.55. The lowest BCUT2D eigenvalue weighted by molar-refractivity contribution is -0.119. The fourth-order valence-electron chi connectivity index (χ4n) is 3.98. The summed E-state index contributed by atoms with van der Waals surface area (Å²) in [6.07, 6.45) is 1.87. The van der Waals surface area contributed by atoms with Crippen LogP contribution in [0.2, 0.25) is 0 Å². The second kappa shape index (κ2) is 9.99. The van der Waals surface area contributed by atoms with Gasteiger partial charge >= 0.3 is 0 Å². The molecule has 1 unspecified atom stereocenters. The van der Waals surface area contributed by atoms with Gasteiger partial charge in [-0.2, -0.15) is 17.0 Å². The van der Waals surface area contributed by atoms with Gasteiger partial charge in [-0.25, -0.2) is 0 Å². The minimum atomic E-state index is -3.46. The molecule has 1 aromatic rings. The molecule has 8 nitrogen and oxygen atoms in total. The van der Waals surface area contributed by atoms with Gasteiger partial charge in [-0.05, 0) is 30.9 Å². The Balaban J connectivity index is 1.51. The first-order valence-electron chi connectivity index (χ1n) is 10.2. The van der Waals surface area contributed by atoms with Crippen LogP contribution in [0.5, 0.6) is 0 Å². The van der Waals surface area contributed by atoms with E-state index in [0.29, 0.717) is 52.4 Å². The van der Waals surface area contributed by atoms with Crippen LogP contribution in [0.4, 0.5) is 5.69 Å². The number of hydrogen-bond acceptors (Lipinski definition) is 5. The van der Waals surface area contributed by atoms with Crippen LogP contribution in [0.3, 0.4) is 0 Å². The number of benzene rings is 1. The van der Waals surface area contributed by atoms with E-state index in [0.717, 1.165) is 18.5 Å². The molecule has 0 aromatic heterocycles. The zero-order chi connectivity index (χ0) is 20.9. The van der Waals surface area contributed by atoms with E-state index in [1.807, 2.05) is 35.2 Å². The summed E-state index contributed by atoms with van der Waals surface area (Å²) in [4.78, 5) is 16.2. The minimum Gasteiger partial charge on any atom is -0.384 e. The van der Waals surface area contributed by atoms with Crippen molar-refractivity contribution in [2.75, 3.05) is 71.5 Å². The summed E-state index contributed by atoms with van der Waals surface area (Å²) in [5.41, 5.74) is 0.856. The Kier molecular flexibility index (Phi) is 7.64. The number of likely N-dealkylation sites (N-methyl/N-ethyl adjacent to an activating group) is 1. The molecule has 2 aliphatic heterocycles. The predicted octanol–water partition coefficient (Wildman–Crippen LogP) is 0.870. The first-order valence-corrected chi connectivity index (χ1v) is 11.6. The van der Waals surface area contributed by atoms with Crippen LogP contribution < -0.4 is 4.90 Å². The van der Waals surface area contributed by atoms with Crippen LogP contribution in [0.1, 0.15) is 12.8 Å². The molecule has 2 fully saturated rings. The molecular formula is C20H32N4O4S. The molecule has 2 saturated heterocycles. The first-order chi connectivity index (χ1) is 13.9. The van der Waals surface area contributed by atoms with Crippen molar-refractivity contribution >= 4 is 21.8 Å². The van der Waals surface area contributed by atoms with Gasteiger partial charge in [-0.1, -0.05) is 18.2 Å². The van der Waals surface area contributed by atoms with Crippen molar-refractivity contribution < 1.29 is 17.9 Å². The van der Waals surface area contributed by atoms with Crippen molar-refractivity contribution in [2.45, 2.75) is 12.8 Å². The van der Waals surface area contributed by atoms with Crippen molar-refractivity contribution in [1.29, 1.82) is 0 Å². The van der Waals surface area contributed by atoms with E-state index in [4.69, 9.17) is 4.74 Å². The van der Waals surface area contributed by atoms with Gasteiger partial charge in [-0.15, -0.1) is 0 Å². The lowest BCUT2D eigenvalue weighted by atomic mass is 10.0. The topological polar surface area (TPSA) is 73.4 Å². The molecule has 0 N–H and O–H groups in total. The number of rotatable bonds is 7. The molecule has 29 heavy (non-hydrogen) atoms. The van der Waals surface area contributed by atoms with Gasteiger partial charge in [0, 0.05) is 59.1 Å². The zero-order valence-electron chi connectivity index (χ0n) is 17.4. The summed E-state index contributed by atoms with van der Waals surface area (Å²) in [5.74, 6) is 0.266. The van der Waals surface area contributed by atoms with Gasteiger partial charge < -0.3 is 9.64 Å². The average molecular weight is 425 g/mol. The number of anilines is 1. The Labute approximate surface area is 174 Å². The van der Waals surface area contributed by atoms with E-state index in [1.54, 1.807) is 27.7 Å². The van der Waals surface area contributed by atoms with Gasteiger partial charge in [0.2, 0.25) is 5.91 Å². The van der Waals surface area contributed by atoms with Crippen molar-refractivity contribution in [3.05, 3.63) is 30.3 Å². The second-order valence-electron chi connectivity index (χ2n) is 7.79. The number of hydrogen-bond donors (Lipinski definition) is 0. The van der Waals surface area contributed by atoms with Gasteiger partial charge in [0.1, 0.15) is 0 Å². The lowest BCUT2D eigenvalue weighted by Gasteiger charge is -2.39. The van der Waals surface area contributed by atoms with Crippen molar-refractivity contribution in [3.63, 3.8) is 0 Å². The van der Waals surface area contributed by atoms with Crippen molar-refractivity contribution in [1.82, 2.24) is 13.5 Å². The summed E-state index contributed by atoms with van der Waals surface area (Å²) < 4.78 is 34.4. The molecule has 0 radical (unpaired) electrons. The number of ether oxygens (including phenoxy) is 1. The maximum atomic E-state index is 13.0. The van der Waals surface area contributed by atoms with Crippen LogP contribution in [-0.2, 0) is 19.7 Å². The monoisotopic (exact) mass is 424 g/mol. The van der Waals surface area contributed by atoms with E-state index < -0.39 is 10.2 Å².